The van der Waals surface area contributed by atoms with Gasteiger partial charge in [-0.1, -0.05) is 26.1 Å². The molecule has 0 radical (unpaired) electrons. The molecule has 0 saturated heterocycles. The second kappa shape index (κ2) is 6.08. The summed E-state index contributed by atoms with van der Waals surface area (Å²) in [6.07, 6.45) is 6.70. The lowest BCUT2D eigenvalue weighted by Gasteiger charge is -2.31. The van der Waals surface area contributed by atoms with Gasteiger partial charge in [0.15, 0.2) is 0 Å². The summed E-state index contributed by atoms with van der Waals surface area (Å²) in [7, 11) is 0. The number of thiocarbonyl (C=S) groups is 1. The molecule has 3 nitrogen and oxygen atoms in total. The van der Waals surface area contributed by atoms with E-state index in [0.29, 0.717) is 4.99 Å². The molecule has 3 N–H and O–H groups in total. The first-order chi connectivity index (χ1) is 9.49. The number of nitrogens with zero attached hydrogens (tertiary/aromatic N) is 1. The van der Waals surface area contributed by atoms with Gasteiger partial charge in [0.25, 0.3) is 0 Å². The van der Waals surface area contributed by atoms with E-state index in [-0.39, 0.29) is 5.54 Å². The van der Waals surface area contributed by atoms with E-state index >= 15 is 0 Å². The molecule has 1 heterocycles. The Morgan fingerprint density at radius 3 is 2.60 bits per heavy atom. The summed E-state index contributed by atoms with van der Waals surface area (Å²) < 4.78 is 0. The molecule has 0 aliphatic heterocycles. The predicted molar refractivity (Wildman–Crippen MR) is 89.4 cm³/mol. The number of hydrogen-bond donors (Lipinski definition) is 2. The van der Waals surface area contributed by atoms with Gasteiger partial charge in [-0.25, -0.2) is 4.98 Å². The molecule has 0 saturated carbocycles. The van der Waals surface area contributed by atoms with Gasteiger partial charge in [0.05, 0.1) is 5.56 Å². The Labute approximate surface area is 127 Å². The van der Waals surface area contributed by atoms with Crippen LogP contribution in [-0.4, -0.2) is 15.5 Å². The highest BCUT2D eigenvalue weighted by atomic mass is 32.1. The molecule has 0 fully saturated rings. The molecule has 1 aliphatic rings. The van der Waals surface area contributed by atoms with E-state index in [0.717, 1.165) is 37.1 Å². The van der Waals surface area contributed by atoms with Crippen molar-refractivity contribution in [3.8, 4) is 0 Å². The van der Waals surface area contributed by atoms with Gasteiger partial charge in [-0.3, -0.25) is 0 Å². The molecule has 0 amide bonds. The van der Waals surface area contributed by atoms with E-state index in [1.54, 1.807) is 0 Å². The molecular formula is C16H25N3S. The Kier molecular flexibility index (Phi) is 4.63. The molecule has 1 aliphatic carbocycles. The molecule has 2 rings (SSSR count). The summed E-state index contributed by atoms with van der Waals surface area (Å²) >= 11 is 5.21. The highest BCUT2D eigenvalue weighted by Gasteiger charge is 2.23. The molecule has 0 spiro atoms. The first-order valence-electron chi connectivity index (χ1n) is 7.60. The molecule has 1 aromatic rings. The van der Waals surface area contributed by atoms with Crippen LogP contribution in [0.4, 0.5) is 5.82 Å². The van der Waals surface area contributed by atoms with Crippen molar-refractivity contribution in [2.75, 3.05) is 5.32 Å². The average molecular weight is 291 g/mol. The Morgan fingerprint density at radius 1 is 1.35 bits per heavy atom. The molecular weight excluding hydrogens is 266 g/mol. The summed E-state index contributed by atoms with van der Waals surface area (Å²) in [6, 6.07) is 2.15. The van der Waals surface area contributed by atoms with Gasteiger partial charge in [0, 0.05) is 11.2 Å². The molecule has 0 atom stereocenters. The van der Waals surface area contributed by atoms with Crippen molar-refractivity contribution in [3.05, 3.63) is 22.9 Å². The lowest BCUT2D eigenvalue weighted by molar-refractivity contribution is 0.476. The monoisotopic (exact) mass is 291 g/mol. The number of pyridine rings is 1. The number of nitrogens with one attached hydrogen (secondary N) is 1. The van der Waals surface area contributed by atoms with Crippen LogP contribution in [0.1, 0.15) is 63.3 Å². The summed E-state index contributed by atoms with van der Waals surface area (Å²) in [5.41, 5.74) is 9.37. The number of rotatable bonds is 5. The molecule has 0 aromatic carbocycles. The maximum atomic E-state index is 5.90. The van der Waals surface area contributed by atoms with Gasteiger partial charge < -0.3 is 11.1 Å². The zero-order chi connectivity index (χ0) is 14.8. The smallest absolute Gasteiger partial charge is 0.136 e. The van der Waals surface area contributed by atoms with Crippen LogP contribution in [0.25, 0.3) is 0 Å². The summed E-state index contributed by atoms with van der Waals surface area (Å²) in [6.45, 7) is 6.60. The molecule has 1 aromatic heterocycles. The third-order valence-corrected chi connectivity index (χ3v) is 4.77. The topological polar surface area (TPSA) is 50.9 Å². The van der Waals surface area contributed by atoms with E-state index in [4.69, 9.17) is 22.9 Å². The van der Waals surface area contributed by atoms with Gasteiger partial charge >= 0.3 is 0 Å². The van der Waals surface area contributed by atoms with Crippen molar-refractivity contribution < 1.29 is 0 Å². The molecule has 0 unspecified atom stereocenters. The van der Waals surface area contributed by atoms with Crippen LogP contribution in [0.15, 0.2) is 6.07 Å². The Hall–Kier alpha value is -1.16. The van der Waals surface area contributed by atoms with Crippen LogP contribution in [0, 0.1) is 0 Å². The molecule has 110 valence electrons. The SMILES string of the molecule is CCC(C)(CC)Nc1nc2c(cc1C(N)=S)CCCC2. The number of anilines is 1. The van der Waals surface area contributed by atoms with Gasteiger partial charge in [-0.05, 0) is 57.1 Å². The fraction of sp³-hybridized carbons (Fsp3) is 0.625. The van der Waals surface area contributed by atoms with Crippen LogP contribution in [0.5, 0.6) is 0 Å². The lowest BCUT2D eigenvalue weighted by Crippen LogP contribution is -2.35. The quantitative estimate of drug-likeness (QED) is 0.814. The Morgan fingerprint density at radius 2 is 2.00 bits per heavy atom. The average Bonchev–Trinajstić information content (AvgIpc) is 2.46. The normalized spacial score (nSPS) is 14.8. The van der Waals surface area contributed by atoms with Gasteiger partial charge in [0.1, 0.15) is 10.8 Å². The van der Waals surface area contributed by atoms with E-state index in [1.165, 1.54) is 24.1 Å². The van der Waals surface area contributed by atoms with Crippen LogP contribution in [0.2, 0.25) is 0 Å². The van der Waals surface area contributed by atoms with Crippen LogP contribution in [0.3, 0.4) is 0 Å². The van der Waals surface area contributed by atoms with Crippen LogP contribution < -0.4 is 11.1 Å². The first-order valence-corrected chi connectivity index (χ1v) is 8.00. The number of hydrogen-bond acceptors (Lipinski definition) is 3. The van der Waals surface area contributed by atoms with Crippen molar-refractivity contribution >= 4 is 23.0 Å². The first kappa shape index (κ1) is 15.2. The Balaban J connectivity index is 2.42. The fourth-order valence-electron chi connectivity index (χ4n) is 2.63. The summed E-state index contributed by atoms with van der Waals surface area (Å²) in [5.74, 6) is 0.865. The van der Waals surface area contributed by atoms with Crippen LogP contribution in [-0.2, 0) is 12.8 Å². The number of fused-ring (bicyclic) bond motifs is 1. The second-order valence-corrected chi connectivity index (χ2v) is 6.39. The highest BCUT2D eigenvalue weighted by molar-refractivity contribution is 7.80. The number of aryl methyl sites for hydroxylation is 2. The maximum Gasteiger partial charge on any atom is 0.136 e. The third kappa shape index (κ3) is 3.11. The van der Waals surface area contributed by atoms with Gasteiger partial charge in [-0.15, -0.1) is 0 Å². The number of aromatic nitrogens is 1. The van der Waals surface area contributed by atoms with E-state index in [9.17, 15) is 0 Å². The van der Waals surface area contributed by atoms with Gasteiger partial charge in [-0.2, -0.15) is 0 Å². The standard InChI is InChI=1S/C16H25N3S/c1-4-16(3,5-2)19-15-12(14(17)20)10-11-8-6-7-9-13(11)18-15/h10H,4-9H2,1-3H3,(H2,17,20)(H,18,19). The minimum atomic E-state index is 0.0371. The predicted octanol–water partition coefficient (Wildman–Crippen LogP) is 3.59. The van der Waals surface area contributed by atoms with E-state index in [1.807, 2.05) is 0 Å². The minimum Gasteiger partial charge on any atom is -0.389 e. The lowest BCUT2D eigenvalue weighted by atomic mass is 9.93. The van der Waals surface area contributed by atoms with Crippen molar-refractivity contribution in [2.24, 2.45) is 5.73 Å². The zero-order valence-corrected chi connectivity index (χ0v) is 13.6. The second-order valence-electron chi connectivity index (χ2n) is 5.95. The van der Waals surface area contributed by atoms with Crippen molar-refractivity contribution in [1.29, 1.82) is 0 Å². The van der Waals surface area contributed by atoms with Gasteiger partial charge in [0.2, 0.25) is 0 Å². The number of nitrogens with two attached hydrogens (primary N) is 1. The minimum absolute atomic E-state index is 0.0371. The summed E-state index contributed by atoms with van der Waals surface area (Å²) in [5, 5.41) is 3.58. The maximum absolute atomic E-state index is 5.90. The molecule has 0 bridgehead atoms. The zero-order valence-electron chi connectivity index (χ0n) is 12.8. The van der Waals surface area contributed by atoms with Crippen molar-refractivity contribution in [3.63, 3.8) is 0 Å². The molecule has 20 heavy (non-hydrogen) atoms. The van der Waals surface area contributed by atoms with Crippen LogP contribution >= 0.6 is 12.2 Å². The van der Waals surface area contributed by atoms with E-state index < -0.39 is 0 Å². The van der Waals surface area contributed by atoms with Crippen molar-refractivity contribution in [1.82, 2.24) is 4.98 Å². The van der Waals surface area contributed by atoms with E-state index in [2.05, 4.69) is 32.2 Å². The Bertz CT molecular complexity index is 507. The molecule has 4 heteroatoms. The van der Waals surface area contributed by atoms with Crippen molar-refractivity contribution in [2.45, 2.75) is 64.8 Å². The largest absolute Gasteiger partial charge is 0.389 e. The fourth-order valence-corrected chi connectivity index (χ4v) is 2.79. The third-order valence-electron chi connectivity index (χ3n) is 4.55. The highest BCUT2D eigenvalue weighted by Crippen LogP contribution is 2.28. The summed E-state index contributed by atoms with van der Waals surface area (Å²) in [4.78, 5) is 5.27.